The van der Waals surface area contributed by atoms with Crippen LogP contribution in [-0.2, 0) is 7.05 Å². The van der Waals surface area contributed by atoms with E-state index in [2.05, 4.69) is 15.9 Å². The number of carbonyl (C=O) groups is 1. The Bertz CT molecular complexity index is 570. The minimum absolute atomic E-state index is 0.0504. The molecule has 2 rings (SSSR count). The monoisotopic (exact) mass is 292 g/mol. The van der Waals surface area contributed by atoms with Crippen molar-refractivity contribution in [3.63, 3.8) is 0 Å². The first kappa shape index (κ1) is 11.9. The molecule has 0 aliphatic carbocycles. The summed E-state index contributed by atoms with van der Waals surface area (Å²) in [6.07, 6.45) is 0. The molecular formula is C13H13BrN2O. The molecule has 17 heavy (non-hydrogen) atoms. The molecule has 0 radical (unpaired) electrons. The molecule has 0 fully saturated rings. The zero-order chi connectivity index (χ0) is 12.6. The number of hydrogen-bond donors (Lipinski definition) is 1. The number of halogens is 1. The van der Waals surface area contributed by atoms with Crippen LogP contribution < -0.4 is 5.73 Å². The lowest BCUT2D eigenvalue weighted by atomic mass is 10.1. The molecule has 0 unspecified atom stereocenters. The molecule has 2 aromatic rings. The van der Waals surface area contributed by atoms with E-state index < -0.39 is 0 Å². The van der Waals surface area contributed by atoms with E-state index in [9.17, 15) is 4.79 Å². The van der Waals surface area contributed by atoms with Crippen LogP contribution >= 0.6 is 15.9 Å². The van der Waals surface area contributed by atoms with Crippen LogP contribution in [0.25, 0.3) is 0 Å². The van der Waals surface area contributed by atoms with Crippen LogP contribution in [0.2, 0.25) is 0 Å². The summed E-state index contributed by atoms with van der Waals surface area (Å²) in [5.41, 5.74) is 8.55. The van der Waals surface area contributed by atoms with Gasteiger partial charge in [-0.2, -0.15) is 0 Å². The second-order valence-electron chi connectivity index (χ2n) is 3.98. The van der Waals surface area contributed by atoms with E-state index >= 15 is 0 Å². The van der Waals surface area contributed by atoms with Crippen LogP contribution in [-0.4, -0.2) is 10.4 Å². The Morgan fingerprint density at radius 1 is 1.29 bits per heavy atom. The number of rotatable bonds is 2. The first-order valence-corrected chi connectivity index (χ1v) is 6.02. The standard InChI is InChI=1S/C13H13BrN2O/c1-8-7-11(15)12(16(8)2)13(17)9-3-5-10(14)6-4-9/h3-7H,15H2,1-2H3. The molecule has 0 amide bonds. The summed E-state index contributed by atoms with van der Waals surface area (Å²) < 4.78 is 2.77. The summed E-state index contributed by atoms with van der Waals surface area (Å²) in [6.45, 7) is 1.93. The average Bonchev–Trinajstić information content (AvgIpc) is 2.53. The molecular weight excluding hydrogens is 280 g/mol. The number of anilines is 1. The summed E-state index contributed by atoms with van der Waals surface area (Å²) in [5, 5.41) is 0. The van der Waals surface area contributed by atoms with E-state index in [1.165, 1.54) is 0 Å². The molecule has 1 aromatic heterocycles. The van der Waals surface area contributed by atoms with Crippen molar-refractivity contribution in [3.05, 3.63) is 51.8 Å². The van der Waals surface area contributed by atoms with Crippen molar-refractivity contribution in [3.8, 4) is 0 Å². The minimum Gasteiger partial charge on any atom is -0.397 e. The first-order chi connectivity index (χ1) is 8.00. The molecule has 0 spiro atoms. The molecule has 0 atom stereocenters. The van der Waals surface area contributed by atoms with E-state index in [4.69, 9.17) is 5.73 Å². The number of aromatic nitrogens is 1. The Hall–Kier alpha value is -1.55. The summed E-state index contributed by atoms with van der Waals surface area (Å²) in [4.78, 5) is 12.3. The van der Waals surface area contributed by atoms with E-state index in [1.54, 1.807) is 12.1 Å². The highest BCUT2D eigenvalue weighted by Crippen LogP contribution is 2.21. The molecule has 3 nitrogen and oxygen atoms in total. The van der Waals surface area contributed by atoms with Gasteiger partial charge in [0.25, 0.3) is 0 Å². The molecule has 1 aromatic carbocycles. The fourth-order valence-corrected chi connectivity index (χ4v) is 2.05. The Balaban J connectivity index is 2.47. The van der Waals surface area contributed by atoms with Gasteiger partial charge in [0.15, 0.2) is 0 Å². The topological polar surface area (TPSA) is 48.0 Å². The van der Waals surface area contributed by atoms with E-state index in [1.807, 2.05) is 36.7 Å². The van der Waals surface area contributed by atoms with Gasteiger partial charge >= 0.3 is 0 Å². The maximum Gasteiger partial charge on any atom is 0.211 e. The van der Waals surface area contributed by atoms with Crippen molar-refractivity contribution in [2.75, 3.05) is 5.73 Å². The third-order valence-electron chi connectivity index (χ3n) is 2.82. The maximum absolute atomic E-state index is 12.3. The van der Waals surface area contributed by atoms with Crippen LogP contribution in [0.1, 0.15) is 21.7 Å². The molecule has 0 aliphatic rings. The lowest BCUT2D eigenvalue weighted by molar-refractivity contribution is 0.103. The third kappa shape index (κ3) is 2.13. The number of hydrogen-bond acceptors (Lipinski definition) is 2. The van der Waals surface area contributed by atoms with Crippen LogP contribution in [0.3, 0.4) is 0 Å². The number of ketones is 1. The predicted molar refractivity (Wildman–Crippen MR) is 72.1 cm³/mol. The van der Waals surface area contributed by atoms with Gasteiger partial charge < -0.3 is 10.3 Å². The fourth-order valence-electron chi connectivity index (χ4n) is 1.78. The second-order valence-corrected chi connectivity index (χ2v) is 4.90. The van der Waals surface area contributed by atoms with Gasteiger partial charge in [-0.15, -0.1) is 0 Å². The number of carbonyl (C=O) groups excluding carboxylic acids is 1. The van der Waals surface area contributed by atoms with Gasteiger partial charge in [0.1, 0.15) is 5.69 Å². The van der Waals surface area contributed by atoms with Gasteiger partial charge in [-0.1, -0.05) is 15.9 Å². The molecule has 88 valence electrons. The molecule has 4 heteroatoms. The van der Waals surface area contributed by atoms with Gasteiger partial charge in [0.2, 0.25) is 5.78 Å². The van der Waals surface area contributed by atoms with Crippen LogP contribution in [0, 0.1) is 6.92 Å². The Labute approximate surface area is 108 Å². The normalized spacial score (nSPS) is 10.5. The van der Waals surface area contributed by atoms with Crippen LogP contribution in [0.4, 0.5) is 5.69 Å². The van der Waals surface area contributed by atoms with Crippen molar-refractivity contribution in [1.82, 2.24) is 4.57 Å². The van der Waals surface area contributed by atoms with Crippen molar-refractivity contribution in [1.29, 1.82) is 0 Å². The highest BCUT2D eigenvalue weighted by atomic mass is 79.9. The smallest absolute Gasteiger partial charge is 0.211 e. The summed E-state index contributed by atoms with van der Waals surface area (Å²) >= 11 is 3.34. The van der Waals surface area contributed by atoms with Gasteiger partial charge in [-0.25, -0.2) is 0 Å². The van der Waals surface area contributed by atoms with Crippen molar-refractivity contribution >= 4 is 27.4 Å². The Kier molecular flexibility index (Phi) is 3.07. The molecule has 0 saturated heterocycles. The number of nitrogens with two attached hydrogens (primary N) is 1. The number of aryl methyl sites for hydroxylation is 1. The summed E-state index contributed by atoms with van der Waals surface area (Å²) in [6, 6.07) is 9.08. The van der Waals surface area contributed by atoms with E-state index in [0.29, 0.717) is 16.9 Å². The van der Waals surface area contributed by atoms with Gasteiger partial charge in [0, 0.05) is 22.8 Å². The minimum atomic E-state index is -0.0504. The highest BCUT2D eigenvalue weighted by molar-refractivity contribution is 9.10. The number of nitrogen functional groups attached to an aromatic ring is 1. The largest absolute Gasteiger partial charge is 0.397 e. The molecule has 0 bridgehead atoms. The lowest BCUT2D eigenvalue weighted by Gasteiger charge is -2.05. The zero-order valence-corrected chi connectivity index (χ0v) is 11.3. The molecule has 2 N–H and O–H groups in total. The lowest BCUT2D eigenvalue weighted by Crippen LogP contribution is -2.10. The average molecular weight is 293 g/mol. The quantitative estimate of drug-likeness (QED) is 0.865. The Morgan fingerprint density at radius 3 is 2.35 bits per heavy atom. The second kappa shape index (κ2) is 4.37. The van der Waals surface area contributed by atoms with E-state index in [-0.39, 0.29) is 5.78 Å². The maximum atomic E-state index is 12.3. The van der Waals surface area contributed by atoms with Gasteiger partial charge in [0.05, 0.1) is 5.69 Å². The fraction of sp³-hybridized carbons (Fsp3) is 0.154. The molecule has 0 aliphatic heterocycles. The van der Waals surface area contributed by atoms with Crippen molar-refractivity contribution in [2.45, 2.75) is 6.92 Å². The summed E-state index contributed by atoms with van der Waals surface area (Å²) in [7, 11) is 1.85. The SMILES string of the molecule is Cc1cc(N)c(C(=O)c2ccc(Br)cc2)n1C. The number of nitrogens with zero attached hydrogens (tertiary/aromatic N) is 1. The van der Waals surface area contributed by atoms with Crippen molar-refractivity contribution in [2.24, 2.45) is 7.05 Å². The third-order valence-corrected chi connectivity index (χ3v) is 3.35. The van der Waals surface area contributed by atoms with Gasteiger partial charge in [-0.3, -0.25) is 4.79 Å². The van der Waals surface area contributed by atoms with Gasteiger partial charge in [-0.05, 0) is 37.3 Å². The molecule has 0 saturated carbocycles. The van der Waals surface area contributed by atoms with Crippen molar-refractivity contribution < 1.29 is 4.79 Å². The van der Waals surface area contributed by atoms with Crippen LogP contribution in [0.15, 0.2) is 34.8 Å². The number of benzene rings is 1. The van der Waals surface area contributed by atoms with Crippen LogP contribution in [0.5, 0.6) is 0 Å². The first-order valence-electron chi connectivity index (χ1n) is 5.22. The van der Waals surface area contributed by atoms with E-state index in [0.717, 1.165) is 10.2 Å². The zero-order valence-electron chi connectivity index (χ0n) is 9.70. The molecule has 1 heterocycles. The predicted octanol–water partition coefficient (Wildman–Crippen LogP) is 2.91. The Morgan fingerprint density at radius 2 is 1.88 bits per heavy atom. The summed E-state index contributed by atoms with van der Waals surface area (Å²) in [5.74, 6) is -0.0504. The highest BCUT2D eigenvalue weighted by Gasteiger charge is 2.17.